The molecule has 9 nitrogen and oxygen atoms in total. The van der Waals surface area contributed by atoms with Gasteiger partial charge in [-0.25, -0.2) is 9.36 Å². The Morgan fingerprint density at radius 3 is 1.36 bits per heavy atom. The van der Waals surface area contributed by atoms with Gasteiger partial charge in [-0.3, -0.25) is 9.05 Å². The standard InChI is InChI=1S/C45H94N3O6P/c1-7-10-12-14-16-18-20-22-24-25-27-29-31-33-35-37-40-52-43-44(54-55(50,51)53-41-39-48(4,5)6)42-47(45(49)46-9-3)38-36-34-32-30-28-26-23-21-19-17-15-13-11-8-2/h44H,7-43H2,1-6H3,(H-,46,49,50,51)/p+1. The molecule has 0 aromatic rings. The summed E-state index contributed by atoms with van der Waals surface area (Å²) >= 11 is 0. The van der Waals surface area contributed by atoms with Crippen molar-refractivity contribution >= 4 is 13.9 Å². The maximum atomic E-state index is 13.1. The number of nitrogens with one attached hydrogen (secondary N) is 1. The van der Waals surface area contributed by atoms with E-state index in [0.717, 1.165) is 32.1 Å². The first-order chi connectivity index (χ1) is 26.5. The molecule has 0 fully saturated rings. The summed E-state index contributed by atoms with van der Waals surface area (Å²) in [7, 11) is 1.67. The van der Waals surface area contributed by atoms with E-state index in [4.69, 9.17) is 13.8 Å². The molecular weight excluding hydrogens is 709 g/mol. The summed E-state index contributed by atoms with van der Waals surface area (Å²) in [5, 5.41) is 2.92. The van der Waals surface area contributed by atoms with E-state index in [1.54, 1.807) is 4.90 Å². The van der Waals surface area contributed by atoms with E-state index in [1.165, 1.54) is 161 Å². The van der Waals surface area contributed by atoms with Crippen molar-refractivity contribution in [2.24, 2.45) is 0 Å². The number of nitrogens with zero attached hydrogens (tertiary/aromatic N) is 2. The number of urea groups is 1. The van der Waals surface area contributed by atoms with Crippen LogP contribution in [0, 0.1) is 0 Å². The van der Waals surface area contributed by atoms with Gasteiger partial charge in [0.2, 0.25) is 0 Å². The van der Waals surface area contributed by atoms with Crippen LogP contribution in [-0.4, -0.2) is 93.6 Å². The number of unbranched alkanes of at least 4 members (excludes halogenated alkanes) is 28. The fraction of sp³-hybridized carbons (Fsp3) is 0.978. The lowest BCUT2D eigenvalue weighted by atomic mass is 10.0. The van der Waals surface area contributed by atoms with Crippen LogP contribution in [0.2, 0.25) is 0 Å². The Hall–Kier alpha value is -0.700. The van der Waals surface area contributed by atoms with Crippen LogP contribution in [0.25, 0.3) is 0 Å². The normalized spacial score (nSPS) is 13.6. The van der Waals surface area contributed by atoms with Crippen molar-refractivity contribution in [2.45, 2.75) is 219 Å². The van der Waals surface area contributed by atoms with Crippen LogP contribution in [0.5, 0.6) is 0 Å². The van der Waals surface area contributed by atoms with Crippen molar-refractivity contribution in [3.05, 3.63) is 0 Å². The zero-order valence-electron chi connectivity index (χ0n) is 37.6. The molecule has 10 heteroatoms. The topological polar surface area (TPSA) is 97.3 Å². The lowest BCUT2D eigenvalue weighted by Crippen LogP contribution is -2.45. The van der Waals surface area contributed by atoms with E-state index in [2.05, 4.69) is 19.2 Å². The summed E-state index contributed by atoms with van der Waals surface area (Å²) in [5.41, 5.74) is 0. The molecule has 0 aliphatic rings. The van der Waals surface area contributed by atoms with Crippen LogP contribution in [0.1, 0.15) is 213 Å². The number of ether oxygens (including phenoxy) is 1. The SMILES string of the molecule is CCCCCCCCCCCCCCCCCCOCC(CN(CCCCCCCCCCCCCCCC)C(=O)NCC)OP(=O)(O)OCC[N+](C)(C)C. The molecule has 2 N–H and O–H groups in total. The molecule has 55 heavy (non-hydrogen) atoms. The molecule has 0 spiro atoms. The summed E-state index contributed by atoms with van der Waals surface area (Å²) in [6.07, 6.45) is 38.2. The highest BCUT2D eigenvalue weighted by atomic mass is 31.2. The Labute approximate surface area is 342 Å². The predicted molar refractivity (Wildman–Crippen MR) is 235 cm³/mol. The quantitative estimate of drug-likeness (QED) is 0.0362. The molecule has 0 aromatic heterocycles. The van der Waals surface area contributed by atoms with Crippen molar-refractivity contribution in [2.75, 3.05) is 67.1 Å². The molecule has 0 saturated heterocycles. The second-order valence-electron chi connectivity index (χ2n) is 17.3. The van der Waals surface area contributed by atoms with Crippen LogP contribution < -0.4 is 5.32 Å². The van der Waals surface area contributed by atoms with Crippen molar-refractivity contribution in [3.63, 3.8) is 0 Å². The fourth-order valence-electron chi connectivity index (χ4n) is 7.01. The summed E-state index contributed by atoms with van der Waals surface area (Å²) in [4.78, 5) is 25.4. The van der Waals surface area contributed by atoms with Crippen molar-refractivity contribution in [1.29, 1.82) is 0 Å². The lowest BCUT2D eigenvalue weighted by Gasteiger charge is -2.29. The number of carbonyl (C=O) groups excluding carboxylic acids is 1. The number of phosphoric acid groups is 1. The molecule has 330 valence electrons. The van der Waals surface area contributed by atoms with E-state index in [9.17, 15) is 14.3 Å². The van der Waals surface area contributed by atoms with Gasteiger partial charge in [-0.2, -0.15) is 0 Å². The molecule has 0 aromatic carbocycles. The second kappa shape index (κ2) is 38.8. The number of quaternary nitrogens is 1. The molecule has 0 rings (SSSR count). The van der Waals surface area contributed by atoms with Gasteiger partial charge in [0.1, 0.15) is 19.3 Å². The molecule has 0 saturated carbocycles. The number of phosphoric ester groups is 1. The maximum Gasteiger partial charge on any atom is 0.472 e. The number of likely N-dealkylation sites (N-methyl/N-ethyl adjacent to an activating group) is 1. The number of hydrogen-bond donors (Lipinski definition) is 2. The van der Waals surface area contributed by atoms with Crippen molar-refractivity contribution < 1.29 is 32.5 Å². The van der Waals surface area contributed by atoms with Gasteiger partial charge in [-0.15, -0.1) is 0 Å². The van der Waals surface area contributed by atoms with Crippen LogP contribution >= 0.6 is 7.82 Å². The monoisotopic (exact) mass is 805 g/mol. The highest BCUT2D eigenvalue weighted by Gasteiger charge is 2.30. The van der Waals surface area contributed by atoms with Gasteiger partial charge in [-0.05, 0) is 19.8 Å². The first kappa shape index (κ1) is 54.3. The van der Waals surface area contributed by atoms with Gasteiger partial charge in [0.05, 0.1) is 34.3 Å². The zero-order chi connectivity index (χ0) is 40.7. The average molecular weight is 805 g/mol. The van der Waals surface area contributed by atoms with Crippen LogP contribution in [0.3, 0.4) is 0 Å². The molecule has 0 heterocycles. The lowest BCUT2D eigenvalue weighted by molar-refractivity contribution is -0.870. The Kier molecular flexibility index (Phi) is 38.3. The Morgan fingerprint density at radius 2 is 0.982 bits per heavy atom. The minimum Gasteiger partial charge on any atom is -0.379 e. The third kappa shape index (κ3) is 39.9. The largest absolute Gasteiger partial charge is 0.472 e. The van der Waals surface area contributed by atoms with Crippen LogP contribution in [-0.2, 0) is 18.3 Å². The number of hydrogen-bond acceptors (Lipinski definition) is 5. The van der Waals surface area contributed by atoms with Gasteiger partial charge in [-0.1, -0.05) is 194 Å². The first-order valence-electron chi connectivity index (χ1n) is 23.6. The third-order valence-corrected chi connectivity index (χ3v) is 11.6. The molecule has 0 bridgehead atoms. The van der Waals surface area contributed by atoms with Gasteiger partial charge >= 0.3 is 13.9 Å². The van der Waals surface area contributed by atoms with Crippen molar-refractivity contribution in [3.8, 4) is 0 Å². The Bertz CT molecular complexity index is 874. The molecular formula is C45H95N3O6P+. The summed E-state index contributed by atoms with van der Waals surface area (Å²) < 4.78 is 30.7. The van der Waals surface area contributed by atoms with E-state index >= 15 is 0 Å². The number of rotatable bonds is 43. The molecule has 2 amide bonds. The third-order valence-electron chi connectivity index (χ3n) is 10.6. The van der Waals surface area contributed by atoms with Crippen LogP contribution in [0.15, 0.2) is 0 Å². The van der Waals surface area contributed by atoms with E-state index in [1.807, 2.05) is 28.1 Å². The molecule has 0 aliphatic carbocycles. The van der Waals surface area contributed by atoms with Gasteiger partial charge in [0.25, 0.3) is 0 Å². The maximum absolute atomic E-state index is 13.1. The van der Waals surface area contributed by atoms with E-state index in [0.29, 0.717) is 30.7 Å². The summed E-state index contributed by atoms with van der Waals surface area (Å²) in [6, 6.07) is -0.178. The van der Waals surface area contributed by atoms with E-state index < -0.39 is 13.9 Å². The smallest absolute Gasteiger partial charge is 0.379 e. The van der Waals surface area contributed by atoms with Gasteiger partial charge in [0, 0.05) is 19.7 Å². The van der Waals surface area contributed by atoms with Gasteiger partial charge < -0.3 is 24.3 Å². The summed E-state index contributed by atoms with van der Waals surface area (Å²) in [5.74, 6) is 0. The molecule has 2 unspecified atom stereocenters. The fourth-order valence-corrected chi connectivity index (χ4v) is 7.89. The Balaban J connectivity index is 4.59. The second-order valence-corrected chi connectivity index (χ2v) is 18.7. The first-order valence-corrected chi connectivity index (χ1v) is 25.1. The van der Waals surface area contributed by atoms with Crippen molar-refractivity contribution in [1.82, 2.24) is 10.2 Å². The van der Waals surface area contributed by atoms with E-state index in [-0.39, 0.29) is 25.8 Å². The van der Waals surface area contributed by atoms with Gasteiger partial charge in [0.15, 0.2) is 0 Å². The minimum absolute atomic E-state index is 0.100. The number of carbonyl (C=O) groups is 1. The zero-order valence-corrected chi connectivity index (χ0v) is 38.5. The van der Waals surface area contributed by atoms with Crippen LogP contribution in [0.4, 0.5) is 4.79 Å². The highest BCUT2D eigenvalue weighted by Crippen LogP contribution is 2.44. The molecule has 0 aliphatic heterocycles. The highest BCUT2D eigenvalue weighted by molar-refractivity contribution is 7.47. The predicted octanol–water partition coefficient (Wildman–Crippen LogP) is 13.0. The molecule has 0 radical (unpaired) electrons. The summed E-state index contributed by atoms with van der Waals surface area (Å²) in [6.45, 7) is 9.08. The Morgan fingerprint density at radius 1 is 0.600 bits per heavy atom. The molecule has 2 atom stereocenters. The minimum atomic E-state index is -4.34. The number of amides is 2. The average Bonchev–Trinajstić information content (AvgIpc) is 3.13.